The van der Waals surface area contributed by atoms with Crippen LogP contribution < -0.4 is 5.56 Å². The van der Waals surface area contributed by atoms with Crippen LogP contribution in [0, 0.1) is 25.2 Å². The molecule has 1 aromatic heterocycles. The fraction of sp³-hybridized carbons (Fsp3) is 0.316. The second kappa shape index (κ2) is 8.11. The molecule has 2 aromatic rings. The molecule has 0 bridgehead atoms. The van der Waals surface area contributed by atoms with Crippen molar-refractivity contribution in [1.29, 1.82) is 5.26 Å². The first-order chi connectivity index (χ1) is 11.5. The standard InChI is InChI=1S/C19H20N2O3/c1-13-16(14(2)21-19(23)17(13)12-20)8-9-18(22)24-11-10-15-6-4-3-5-7-15/h3-7H,8-11H2,1-2H3,(H,21,23). The first kappa shape index (κ1) is 17.5. The number of aromatic nitrogens is 1. The zero-order valence-corrected chi connectivity index (χ0v) is 13.9. The number of aromatic amines is 1. The minimum atomic E-state index is -0.387. The maximum absolute atomic E-state index is 11.9. The third kappa shape index (κ3) is 4.32. The Morgan fingerprint density at radius 2 is 1.92 bits per heavy atom. The molecule has 124 valence electrons. The summed E-state index contributed by atoms with van der Waals surface area (Å²) in [6.45, 7) is 3.85. The fourth-order valence-corrected chi connectivity index (χ4v) is 2.65. The first-order valence-electron chi connectivity index (χ1n) is 7.85. The summed E-state index contributed by atoms with van der Waals surface area (Å²) in [5.74, 6) is -0.283. The second-order valence-corrected chi connectivity index (χ2v) is 5.63. The molecule has 24 heavy (non-hydrogen) atoms. The molecule has 0 aliphatic heterocycles. The Hall–Kier alpha value is -2.87. The summed E-state index contributed by atoms with van der Waals surface area (Å²) in [6, 6.07) is 11.7. The summed E-state index contributed by atoms with van der Waals surface area (Å²) in [4.78, 5) is 26.2. The number of hydrogen-bond donors (Lipinski definition) is 1. The summed E-state index contributed by atoms with van der Waals surface area (Å²) in [6.07, 6.45) is 1.34. The summed E-state index contributed by atoms with van der Waals surface area (Å²) in [5, 5.41) is 9.05. The molecular weight excluding hydrogens is 304 g/mol. The van der Waals surface area contributed by atoms with Gasteiger partial charge >= 0.3 is 5.97 Å². The number of hydrogen-bond acceptors (Lipinski definition) is 4. The van der Waals surface area contributed by atoms with Crippen LogP contribution in [0.2, 0.25) is 0 Å². The molecule has 0 radical (unpaired) electrons. The number of carbonyl (C=O) groups is 1. The zero-order valence-electron chi connectivity index (χ0n) is 13.9. The van der Waals surface area contributed by atoms with E-state index in [2.05, 4.69) is 4.98 Å². The zero-order chi connectivity index (χ0) is 17.5. The predicted octanol–water partition coefficient (Wildman–Crippen LogP) is 2.58. The molecule has 1 aromatic carbocycles. The van der Waals surface area contributed by atoms with Gasteiger partial charge in [0.2, 0.25) is 0 Å². The van der Waals surface area contributed by atoms with Crippen molar-refractivity contribution in [3.63, 3.8) is 0 Å². The quantitative estimate of drug-likeness (QED) is 0.828. The van der Waals surface area contributed by atoms with Crippen molar-refractivity contribution in [2.45, 2.75) is 33.1 Å². The molecule has 0 saturated heterocycles. The van der Waals surface area contributed by atoms with Crippen LogP contribution in [0.15, 0.2) is 35.1 Å². The Kier molecular flexibility index (Phi) is 5.91. The van der Waals surface area contributed by atoms with Crippen LogP contribution in [0.4, 0.5) is 0 Å². The van der Waals surface area contributed by atoms with Gasteiger partial charge in [0.1, 0.15) is 11.6 Å². The van der Waals surface area contributed by atoms with Gasteiger partial charge in [-0.05, 0) is 37.0 Å². The van der Waals surface area contributed by atoms with E-state index in [1.54, 1.807) is 13.8 Å². The van der Waals surface area contributed by atoms with Gasteiger partial charge in [0.05, 0.1) is 6.61 Å². The van der Waals surface area contributed by atoms with Gasteiger partial charge in [0.15, 0.2) is 0 Å². The number of nitrogens with one attached hydrogen (secondary N) is 1. The van der Waals surface area contributed by atoms with Gasteiger partial charge in [-0.2, -0.15) is 5.26 Å². The number of pyridine rings is 1. The van der Waals surface area contributed by atoms with Crippen molar-refractivity contribution in [2.24, 2.45) is 0 Å². The predicted molar refractivity (Wildman–Crippen MR) is 90.7 cm³/mol. The Morgan fingerprint density at radius 1 is 1.21 bits per heavy atom. The summed E-state index contributed by atoms with van der Waals surface area (Å²) >= 11 is 0. The lowest BCUT2D eigenvalue weighted by atomic mass is 9.99. The number of carbonyl (C=O) groups excluding carboxylic acids is 1. The minimum Gasteiger partial charge on any atom is -0.465 e. The first-order valence-corrected chi connectivity index (χ1v) is 7.85. The van der Waals surface area contributed by atoms with E-state index in [1.165, 1.54) is 0 Å². The van der Waals surface area contributed by atoms with Crippen molar-refractivity contribution in [1.82, 2.24) is 4.98 Å². The second-order valence-electron chi connectivity index (χ2n) is 5.63. The lowest BCUT2D eigenvalue weighted by molar-refractivity contribution is -0.143. The third-order valence-corrected chi connectivity index (χ3v) is 4.00. The van der Waals surface area contributed by atoms with E-state index >= 15 is 0 Å². The minimum absolute atomic E-state index is 0.105. The maximum atomic E-state index is 11.9. The Labute approximate surface area is 140 Å². The smallest absolute Gasteiger partial charge is 0.306 e. The van der Waals surface area contributed by atoms with Gasteiger partial charge in [-0.1, -0.05) is 30.3 Å². The monoisotopic (exact) mass is 324 g/mol. The van der Waals surface area contributed by atoms with E-state index in [9.17, 15) is 9.59 Å². The van der Waals surface area contributed by atoms with Crippen molar-refractivity contribution < 1.29 is 9.53 Å². The van der Waals surface area contributed by atoms with Gasteiger partial charge < -0.3 is 9.72 Å². The average molecular weight is 324 g/mol. The number of nitriles is 1. The molecule has 5 heteroatoms. The molecule has 0 amide bonds. The Balaban J connectivity index is 1.90. The van der Waals surface area contributed by atoms with Crippen LogP contribution in [0.5, 0.6) is 0 Å². The highest BCUT2D eigenvalue weighted by atomic mass is 16.5. The Bertz CT molecular complexity index is 817. The van der Waals surface area contributed by atoms with Crippen molar-refractivity contribution in [3.05, 3.63) is 68.6 Å². The molecule has 0 atom stereocenters. The van der Waals surface area contributed by atoms with Crippen molar-refractivity contribution in [3.8, 4) is 6.07 Å². The number of rotatable bonds is 6. The lowest BCUT2D eigenvalue weighted by Gasteiger charge is -2.10. The largest absolute Gasteiger partial charge is 0.465 e. The van der Waals surface area contributed by atoms with Crippen LogP contribution in [0.25, 0.3) is 0 Å². The van der Waals surface area contributed by atoms with E-state index in [0.717, 1.165) is 11.1 Å². The van der Waals surface area contributed by atoms with Gasteiger partial charge in [-0.25, -0.2) is 0 Å². The molecule has 2 rings (SSSR count). The van der Waals surface area contributed by atoms with Gasteiger partial charge in [0.25, 0.3) is 5.56 Å². The highest BCUT2D eigenvalue weighted by molar-refractivity contribution is 5.70. The number of H-pyrrole nitrogens is 1. The van der Waals surface area contributed by atoms with Crippen LogP contribution in [0.3, 0.4) is 0 Å². The molecule has 0 fully saturated rings. The molecule has 0 saturated carbocycles. The van der Waals surface area contributed by atoms with Gasteiger partial charge in [-0.3, -0.25) is 9.59 Å². The molecular formula is C19H20N2O3. The molecule has 0 aliphatic carbocycles. The highest BCUT2D eigenvalue weighted by Crippen LogP contribution is 2.15. The Morgan fingerprint density at radius 3 is 2.58 bits per heavy atom. The van der Waals surface area contributed by atoms with E-state index < -0.39 is 0 Å². The summed E-state index contributed by atoms with van der Waals surface area (Å²) in [5.41, 5.74) is 2.99. The summed E-state index contributed by atoms with van der Waals surface area (Å²) < 4.78 is 5.25. The van der Waals surface area contributed by atoms with E-state index in [4.69, 9.17) is 10.00 Å². The molecule has 5 nitrogen and oxygen atoms in total. The molecule has 0 spiro atoms. The summed E-state index contributed by atoms with van der Waals surface area (Å²) in [7, 11) is 0. The van der Waals surface area contributed by atoms with Crippen molar-refractivity contribution >= 4 is 5.97 Å². The van der Waals surface area contributed by atoms with Gasteiger partial charge in [-0.15, -0.1) is 0 Å². The molecule has 0 aliphatic rings. The topological polar surface area (TPSA) is 83.0 Å². The van der Waals surface area contributed by atoms with Gasteiger partial charge in [0, 0.05) is 18.5 Å². The maximum Gasteiger partial charge on any atom is 0.306 e. The van der Waals surface area contributed by atoms with Crippen LogP contribution in [-0.4, -0.2) is 17.6 Å². The van der Waals surface area contributed by atoms with Crippen molar-refractivity contribution in [2.75, 3.05) is 6.61 Å². The normalized spacial score (nSPS) is 10.2. The SMILES string of the molecule is Cc1[nH]c(=O)c(C#N)c(C)c1CCC(=O)OCCc1ccccc1. The number of benzene rings is 1. The molecule has 0 unspecified atom stereocenters. The highest BCUT2D eigenvalue weighted by Gasteiger charge is 2.13. The fourth-order valence-electron chi connectivity index (χ4n) is 2.65. The number of esters is 1. The van der Waals surface area contributed by atoms with E-state index in [1.807, 2.05) is 36.4 Å². The van der Waals surface area contributed by atoms with Crippen LogP contribution in [0.1, 0.15) is 34.4 Å². The van der Waals surface area contributed by atoms with E-state index in [-0.39, 0.29) is 23.5 Å². The average Bonchev–Trinajstić information content (AvgIpc) is 2.55. The number of ether oxygens (including phenoxy) is 1. The molecule has 1 heterocycles. The van der Waals surface area contributed by atoms with Crippen LogP contribution in [-0.2, 0) is 22.4 Å². The van der Waals surface area contributed by atoms with Crippen LogP contribution >= 0.6 is 0 Å². The molecule has 1 N–H and O–H groups in total. The number of nitrogens with zero attached hydrogens (tertiary/aromatic N) is 1. The third-order valence-electron chi connectivity index (χ3n) is 4.00. The number of aryl methyl sites for hydroxylation is 1. The van der Waals surface area contributed by atoms with E-state index in [0.29, 0.717) is 30.7 Å². The lowest BCUT2D eigenvalue weighted by Crippen LogP contribution is -2.17.